The maximum Gasteiger partial charge on any atom is 0.0510 e. The number of rotatable bonds is 7. The van der Waals surface area contributed by atoms with Crippen molar-refractivity contribution in [2.75, 3.05) is 33.9 Å². The zero-order valence-electron chi connectivity index (χ0n) is 11.3. The number of nitrogens with one attached hydrogen (secondary N) is 1. The molecule has 0 amide bonds. The molecule has 0 saturated carbocycles. The first-order valence-corrected chi connectivity index (χ1v) is 6.68. The van der Waals surface area contributed by atoms with E-state index in [0.717, 1.165) is 25.8 Å². The van der Waals surface area contributed by atoms with Crippen LogP contribution in [0.2, 0.25) is 0 Å². The van der Waals surface area contributed by atoms with E-state index in [1.54, 1.807) is 0 Å². The van der Waals surface area contributed by atoms with Crippen LogP contribution in [-0.2, 0) is 4.74 Å². The molecule has 96 valence electrons. The van der Waals surface area contributed by atoms with Crippen LogP contribution in [0.4, 0.5) is 0 Å². The Morgan fingerprint density at radius 2 is 2.06 bits per heavy atom. The predicted molar refractivity (Wildman–Crippen MR) is 68.8 cm³/mol. The van der Waals surface area contributed by atoms with Crippen molar-refractivity contribution < 1.29 is 4.74 Å². The largest absolute Gasteiger partial charge is 0.381 e. The summed E-state index contributed by atoms with van der Waals surface area (Å²) < 4.78 is 5.48. The van der Waals surface area contributed by atoms with E-state index in [1.165, 1.54) is 19.3 Å². The maximum atomic E-state index is 5.48. The molecule has 0 aromatic carbocycles. The highest BCUT2D eigenvalue weighted by Gasteiger charge is 2.26. The third kappa shape index (κ3) is 3.72. The van der Waals surface area contributed by atoms with Crippen LogP contribution in [0.3, 0.4) is 0 Å². The molecule has 1 rings (SSSR count). The van der Waals surface area contributed by atoms with Gasteiger partial charge in [-0.3, -0.25) is 0 Å². The number of hydrogen-bond donors (Lipinski definition) is 1. The first-order chi connectivity index (χ1) is 7.72. The number of likely N-dealkylation sites (N-methyl/N-ethyl adjacent to an activating group) is 2. The van der Waals surface area contributed by atoms with E-state index >= 15 is 0 Å². The lowest BCUT2D eigenvalue weighted by Crippen LogP contribution is -2.46. The average molecular weight is 228 g/mol. The zero-order valence-corrected chi connectivity index (χ0v) is 11.3. The summed E-state index contributed by atoms with van der Waals surface area (Å²) in [5.74, 6) is 0.696. The molecule has 0 radical (unpaired) electrons. The minimum atomic E-state index is 0.577. The molecule has 0 aliphatic carbocycles. The minimum absolute atomic E-state index is 0.577. The highest BCUT2D eigenvalue weighted by atomic mass is 16.5. The molecule has 0 spiro atoms. The van der Waals surface area contributed by atoms with Crippen molar-refractivity contribution in [2.45, 2.75) is 45.2 Å². The van der Waals surface area contributed by atoms with Crippen molar-refractivity contribution in [3.8, 4) is 0 Å². The Labute approximate surface area is 101 Å². The van der Waals surface area contributed by atoms with Gasteiger partial charge in [-0.2, -0.15) is 0 Å². The van der Waals surface area contributed by atoms with Gasteiger partial charge in [0.1, 0.15) is 0 Å². The van der Waals surface area contributed by atoms with Crippen LogP contribution < -0.4 is 5.32 Å². The fraction of sp³-hybridized carbons (Fsp3) is 1.00. The molecule has 3 nitrogen and oxygen atoms in total. The van der Waals surface area contributed by atoms with Crippen LogP contribution >= 0.6 is 0 Å². The Hall–Kier alpha value is -0.120. The van der Waals surface area contributed by atoms with Crippen molar-refractivity contribution in [1.29, 1.82) is 0 Å². The lowest BCUT2D eigenvalue weighted by molar-refractivity contribution is 0.154. The molecule has 0 aromatic rings. The van der Waals surface area contributed by atoms with Gasteiger partial charge in [0.25, 0.3) is 0 Å². The molecule has 0 bridgehead atoms. The van der Waals surface area contributed by atoms with Gasteiger partial charge in [-0.1, -0.05) is 13.8 Å². The van der Waals surface area contributed by atoms with Gasteiger partial charge in [-0.15, -0.1) is 0 Å². The summed E-state index contributed by atoms with van der Waals surface area (Å²) in [5, 5.41) is 3.46. The molecule has 1 saturated heterocycles. The molecule has 1 heterocycles. The summed E-state index contributed by atoms with van der Waals surface area (Å²) >= 11 is 0. The Kier molecular flexibility index (Phi) is 6.32. The molecular weight excluding hydrogens is 200 g/mol. The Bertz CT molecular complexity index is 177. The monoisotopic (exact) mass is 228 g/mol. The highest BCUT2D eigenvalue weighted by molar-refractivity contribution is 4.82. The molecule has 2 atom stereocenters. The number of nitrogens with zero attached hydrogens (tertiary/aromatic N) is 1. The second-order valence-corrected chi connectivity index (χ2v) is 4.93. The molecule has 3 heteroatoms. The standard InChI is InChI=1S/C13H28N2O/c1-5-12(6-2)15(4)9-13(14-3)11-7-8-16-10-11/h11-14H,5-10H2,1-4H3. The second-order valence-electron chi connectivity index (χ2n) is 4.93. The molecule has 1 aliphatic heterocycles. The average Bonchev–Trinajstić information content (AvgIpc) is 2.81. The van der Waals surface area contributed by atoms with Gasteiger partial charge in [0.15, 0.2) is 0 Å². The van der Waals surface area contributed by atoms with Crippen LogP contribution in [0, 0.1) is 5.92 Å². The Morgan fingerprint density at radius 1 is 1.38 bits per heavy atom. The van der Waals surface area contributed by atoms with Gasteiger partial charge in [-0.05, 0) is 33.4 Å². The summed E-state index contributed by atoms with van der Waals surface area (Å²) in [6.07, 6.45) is 3.69. The molecule has 2 unspecified atom stereocenters. The zero-order chi connectivity index (χ0) is 12.0. The van der Waals surface area contributed by atoms with E-state index in [4.69, 9.17) is 4.74 Å². The van der Waals surface area contributed by atoms with E-state index in [1.807, 2.05) is 0 Å². The summed E-state index contributed by atoms with van der Waals surface area (Å²) in [6, 6.07) is 1.30. The van der Waals surface area contributed by atoms with Gasteiger partial charge in [-0.25, -0.2) is 0 Å². The van der Waals surface area contributed by atoms with Crippen molar-refractivity contribution >= 4 is 0 Å². The fourth-order valence-electron chi connectivity index (χ4n) is 2.72. The van der Waals surface area contributed by atoms with Crippen molar-refractivity contribution in [3.63, 3.8) is 0 Å². The van der Waals surface area contributed by atoms with Crippen LogP contribution in [-0.4, -0.2) is 50.8 Å². The minimum Gasteiger partial charge on any atom is -0.381 e. The fourth-order valence-corrected chi connectivity index (χ4v) is 2.72. The van der Waals surface area contributed by atoms with Gasteiger partial charge in [0.2, 0.25) is 0 Å². The smallest absolute Gasteiger partial charge is 0.0510 e. The van der Waals surface area contributed by atoms with Crippen molar-refractivity contribution in [2.24, 2.45) is 5.92 Å². The van der Waals surface area contributed by atoms with Crippen LogP contribution in [0.25, 0.3) is 0 Å². The van der Waals surface area contributed by atoms with Crippen LogP contribution in [0.15, 0.2) is 0 Å². The maximum absolute atomic E-state index is 5.48. The predicted octanol–water partition coefficient (Wildman–Crippen LogP) is 1.73. The van der Waals surface area contributed by atoms with Crippen molar-refractivity contribution in [1.82, 2.24) is 10.2 Å². The molecule has 1 aliphatic rings. The Morgan fingerprint density at radius 3 is 2.50 bits per heavy atom. The van der Waals surface area contributed by atoms with Gasteiger partial charge in [0, 0.05) is 31.2 Å². The lowest BCUT2D eigenvalue weighted by atomic mass is 9.98. The van der Waals surface area contributed by atoms with Crippen LogP contribution in [0.1, 0.15) is 33.1 Å². The molecule has 1 N–H and O–H groups in total. The summed E-state index contributed by atoms with van der Waals surface area (Å²) in [7, 11) is 4.32. The van der Waals surface area contributed by atoms with Gasteiger partial charge < -0.3 is 15.0 Å². The lowest BCUT2D eigenvalue weighted by Gasteiger charge is -2.32. The van der Waals surface area contributed by atoms with E-state index in [2.05, 4.69) is 38.2 Å². The van der Waals surface area contributed by atoms with Crippen molar-refractivity contribution in [3.05, 3.63) is 0 Å². The number of ether oxygens (including phenoxy) is 1. The molecule has 0 aromatic heterocycles. The highest BCUT2D eigenvalue weighted by Crippen LogP contribution is 2.18. The molecular formula is C13H28N2O. The topological polar surface area (TPSA) is 24.5 Å². The summed E-state index contributed by atoms with van der Waals surface area (Å²) in [4.78, 5) is 2.50. The molecule has 16 heavy (non-hydrogen) atoms. The van der Waals surface area contributed by atoms with E-state index in [9.17, 15) is 0 Å². The van der Waals surface area contributed by atoms with E-state index in [0.29, 0.717) is 12.0 Å². The van der Waals surface area contributed by atoms with Crippen LogP contribution in [0.5, 0.6) is 0 Å². The molecule has 1 fully saturated rings. The van der Waals surface area contributed by atoms with E-state index < -0.39 is 0 Å². The second kappa shape index (κ2) is 7.25. The third-order valence-corrected chi connectivity index (χ3v) is 3.96. The summed E-state index contributed by atoms with van der Waals surface area (Å²) in [6.45, 7) is 7.56. The first-order valence-electron chi connectivity index (χ1n) is 6.68. The normalized spacial score (nSPS) is 23.2. The van der Waals surface area contributed by atoms with E-state index in [-0.39, 0.29) is 0 Å². The third-order valence-electron chi connectivity index (χ3n) is 3.96. The Balaban J connectivity index is 2.41. The van der Waals surface area contributed by atoms with Gasteiger partial charge >= 0.3 is 0 Å². The first kappa shape index (κ1) is 13.9. The number of hydrogen-bond acceptors (Lipinski definition) is 3. The summed E-state index contributed by atoms with van der Waals surface area (Å²) in [5.41, 5.74) is 0. The van der Waals surface area contributed by atoms with Gasteiger partial charge in [0.05, 0.1) is 6.61 Å². The SMILES string of the molecule is CCC(CC)N(C)CC(NC)C1CCOC1. The quantitative estimate of drug-likeness (QED) is 0.718.